The lowest BCUT2D eigenvalue weighted by Crippen LogP contribution is -2.11. The number of nitrogens with zero attached hydrogens (tertiary/aromatic N) is 1. The Hall–Kier alpha value is -6.12. The van der Waals surface area contributed by atoms with E-state index in [4.69, 9.17) is 4.42 Å². The number of hydrogen-bond acceptors (Lipinski definition) is 2. The first kappa shape index (κ1) is 26.3. The zero-order chi connectivity index (χ0) is 30.5. The zero-order valence-electron chi connectivity index (χ0n) is 25.1. The lowest BCUT2D eigenvalue weighted by molar-refractivity contribution is 0.669. The predicted octanol–water partition coefficient (Wildman–Crippen LogP) is 12.7. The fourth-order valence-electron chi connectivity index (χ4n) is 6.80. The topological polar surface area (TPSA) is 16.4 Å². The van der Waals surface area contributed by atoms with E-state index in [0.29, 0.717) is 0 Å². The first-order chi connectivity index (χ1) is 22.8. The molecule has 8 aromatic carbocycles. The molecule has 0 unspecified atom stereocenters. The van der Waals surface area contributed by atoms with Crippen LogP contribution in [0.2, 0.25) is 0 Å². The summed E-state index contributed by atoms with van der Waals surface area (Å²) < 4.78 is 6.31. The molecule has 0 fully saturated rings. The predicted molar refractivity (Wildman–Crippen MR) is 194 cm³/mol. The van der Waals surface area contributed by atoms with E-state index in [-0.39, 0.29) is 0 Å². The van der Waals surface area contributed by atoms with E-state index in [9.17, 15) is 0 Å². The molecule has 0 spiro atoms. The van der Waals surface area contributed by atoms with Crippen molar-refractivity contribution in [2.45, 2.75) is 0 Å². The molecule has 9 aromatic rings. The van der Waals surface area contributed by atoms with Gasteiger partial charge >= 0.3 is 0 Å². The monoisotopic (exact) mass is 587 g/mol. The zero-order valence-corrected chi connectivity index (χ0v) is 25.1. The maximum absolute atomic E-state index is 6.31. The van der Waals surface area contributed by atoms with Crippen molar-refractivity contribution in [2.24, 2.45) is 0 Å². The summed E-state index contributed by atoms with van der Waals surface area (Å²) in [6.07, 6.45) is 0. The van der Waals surface area contributed by atoms with Crippen LogP contribution in [0, 0.1) is 0 Å². The molecule has 46 heavy (non-hydrogen) atoms. The summed E-state index contributed by atoms with van der Waals surface area (Å²) in [5.74, 6) is 0. The Labute approximate surface area is 267 Å². The van der Waals surface area contributed by atoms with E-state index >= 15 is 0 Å². The molecule has 0 aliphatic carbocycles. The Balaban J connectivity index is 1.19. The van der Waals surface area contributed by atoms with E-state index in [1.807, 2.05) is 12.1 Å². The number of fused-ring (bicyclic) bond motifs is 5. The minimum atomic E-state index is 0.880. The van der Waals surface area contributed by atoms with Crippen molar-refractivity contribution in [2.75, 3.05) is 4.90 Å². The van der Waals surface area contributed by atoms with Crippen molar-refractivity contribution < 1.29 is 4.42 Å². The second-order valence-electron chi connectivity index (χ2n) is 11.8. The largest absolute Gasteiger partial charge is 0.456 e. The maximum Gasteiger partial charge on any atom is 0.137 e. The molecule has 2 nitrogen and oxygen atoms in total. The van der Waals surface area contributed by atoms with Crippen LogP contribution in [0.4, 0.5) is 17.1 Å². The highest BCUT2D eigenvalue weighted by atomic mass is 16.3. The number of hydrogen-bond donors (Lipinski definition) is 0. The molecule has 0 aliphatic rings. The van der Waals surface area contributed by atoms with Crippen LogP contribution in [0.5, 0.6) is 0 Å². The van der Waals surface area contributed by atoms with Gasteiger partial charge in [-0.25, -0.2) is 0 Å². The molecule has 0 radical (unpaired) electrons. The van der Waals surface area contributed by atoms with Crippen LogP contribution < -0.4 is 4.90 Å². The van der Waals surface area contributed by atoms with Crippen molar-refractivity contribution in [3.8, 4) is 22.3 Å². The molecule has 0 saturated carbocycles. The van der Waals surface area contributed by atoms with Gasteiger partial charge in [0.15, 0.2) is 0 Å². The second-order valence-corrected chi connectivity index (χ2v) is 11.8. The van der Waals surface area contributed by atoms with Gasteiger partial charge in [0.05, 0.1) is 16.8 Å². The molecule has 1 heterocycles. The first-order valence-electron chi connectivity index (χ1n) is 15.7. The van der Waals surface area contributed by atoms with Gasteiger partial charge in [0.2, 0.25) is 0 Å². The Bertz CT molecular complexity index is 2540. The molecule has 216 valence electrons. The third-order valence-electron chi connectivity index (χ3n) is 9.01. The standard InChI is InChI=1S/C44H29NO/c1-2-13-37(14-3-1)45(41-18-10-20-43-44(41)39-16-7-9-19-42(39)46-43)40-17-8-6-15-38(40)36-26-25-34-28-33(23-24-35(34)29-36)32-22-21-30-11-4-5-12-31(30)27-32/h1-29H. The summed E-state index contributed by atoms with van der Waals surface area (Å²) in [4.78, 5) is 2.37. The summed E-state index contributed by atoms with van der Waals surface area (Å²) in [6.45, 7) is 0. The molecule has 0 aliphatic heterocycles. The number of anilines is 3. The molecule has 0 bridgehead atoms. The van der Waals surface area contributed by atoms with E-state index in [0.717, 1.165) is 44.6 Å². The van der Waals surface area contributed by atoms with Crippen molar-refractivity contribution >= 4 is 60.5 Å². The average molecular weight is 588 g/mol. The third kappa shape index (κ3) is 4.43. The molecular weight excluding hydrogens is 558 g/mol. The fourth-order valence-corrected chi connectivity index (χ4v) is 6.80. The highest BCUT2D eigenvalue weighted by Crippen LogP contribution is 2.46. The minimum Gasteiger partial charge on any atom is -0.456 e. The van der Waals surface area contributed by atoms with Gasteiger partial charge in [-0.2, -0.15) is 0 Å². The SMILES string of the molecule is c1ccc(N(c2ccccc2-c2ccc3cc(-c4ccc5ccccc5c4)ccc3c2)c2cccc3oc4ccccc4c23)cc1. The number of furan rings is 1. The Morgan fingerprint density at radius 2 is 0.935 bits per heavy atom. The summed E-state index contributed by atoms with van der Waals surface area (Å²) in [7, 11) is 0. The molecule has 9 rings (SSSR count). The van der Waals surface area contributed by atoms with Gasteiger partial charge in [-0.3, -0.25) is 0 Å². The van der Waals surface area contributed by atoms with Crippen LogP contribution in [0.15, 0.2) is 180 Å². The van der Waals surface area contributed by atoms with Crippen LogP contribution >= 0.6 is 0 Å². The molecule has 0 atom stereocenters. The quantitative estimate of drug-likeness (QED) is 0.199. The molecular formula is C44H29NO. The Morgan fingerprint density at radius 3 is 1.76 bits per heavy atom. The van der Waals surface area contributed by atoms with Gasteiger partial charge in [0.1, 0.15) is 11.2 Å². The van der Waals surface area contributed by atoms with Crippen molar-refractivity contribution in [3.05, 3.63) is 176 Å². The minimum absolute atomic E-state index is 0.880. The summed E-state index contributed by atoms with van der Waals surface area (Å²) >= 11 is 0. The van der Waals surface area contributed by atoms with Crippen LogP contribution in [0.1, 0.15) is 0 Å². The number of benzene rings is 8. The van der Waals surface area contributed by atoms with Gasteiger partial charge in [-0.05, 0) is 92.8 Å². The molecule has 0 saturated heterocycles. The summed E-state index contributed by atoms with van der Waals surface area (Å²) in [5, 5.41) is 7.18. The Morgan fingerprint density at radius 1 is 0.370 bits per heavy atom. The van der Waals surface area contributed by atoms with Gasteiger partial charge in [-0.1, -0.05) is 121 Å². The smallest absolute Gasteiger partial charge is 0.137 e. The lowest BCUT2D eigenvalue weighted by atomic mass is 9.95. The van der Waals surface area contributed by atoms with Gasteiger partial charge in [0, 0.05) is 16.6 Å². The van der Waals surface area contributed by atoms with Gasteiger partial charge < -0.3 is 9.32 Å². The number of rotatable bonds is 5. The van der Waals surface area contributed by atoms with Crippen LogP contribution in [0.25, 0.3) is 65.7 Å². The fraction of sp³-hybridized carbons (Fsp3) is 0. The van der Waals surface area contributed by atoms with Crippen LogP contribution in [-0.4, -0.2) is 0 Å². The van der Waals surface area contributed by atoms with E-state index in [2.05, 4.69) is 169 Å². The molecule has 1 aromatic heterocycles. The lowest BCUT2D eigenvalue weighted by Gasteiger charge is -2.28. The van der Waals surface area contributed by atoms with Gasteiger partial charge in [-0.15, -0.1) is 0 Å². The van der Waals surface area contributed by atoms with Crippen molar-refractivity contribution in [3.63, 3.8) is 0 Å². The first-order valence-corrected chi connectivity index (χ1v) is 15.7. The number of para-hydroxylation sites is 3. The molecule has 2 heteroatoms. The third-order valence-corrected chi connectivity index (χ3v) is 9.01. The van der Waals surface area contributed by atoms with Crippen molar-refractivity contribution in [1.82, 2.24) is 0 Å². The highest BCUT2D eigenvalue weighted by Gasteiger charge is 2.21. The maximum atomic E-state index is 6.31. The van der Waals surface area contributed by atoms with E-state index in [1.165, 1.54) is 38.2 Å². The average Bonchev–Trinajstić information content (AvgIpc) is 3.51. The normalized spacial score (nSPS) is 11.5. The second kappa shape index (κ2) is 10.8. The van der Waals surface area contributed by atoms with E-state index < -0.39 is 0 Å². The summed E-state index contributed by atoms with van der Waals surface area (Å²) in [6, 6.07) is 62.8. The Kier molecular flexibility index (Phi) is 6.17. The highest BCUT2D eigenvalue weighted by molar-refractivity contribution is 6.14. The molecule has 0 amide bonds. The van der Waals surface area contributed by atoms with Crippen molar-refractivity contribution in [1.29, 1.82) is 0 Å². The van der Waals surface area contributed by atoms with Crippen LogP contribution in [-0.2, 0) is 0 Å². The molecule has 0 N–H and O–H groups in total. The van der Waals surface area contributed by atoms with E-state index in [1.54, 1.807) is 0 Å². The van der Waals surface area contributed by atoms with Gasteiger partial charge in [0.25, 0.3) is 0 Å². The summed E-state index contributed by atoms with van der Waals surface area (Å²) in [5.41, 5.74) is 9.85. The van der Waals surface area contributed by atoms with Crippen LogP contribution in [0.3, 0.4) is 0 Å².